The van der Waals surface area contributed by atoms with E-state index in [1.54, 1.807) is 23.1 Å². The minimum atomic E-state index is -0.683. The topological polar surface area (TPSA) is 49.4 Å². The van der Waals surface area contributed by atoms with Gasteiger partial charge in [0.2, 0.25) is 0 Å². The first-order valence-electron chi connectivity index (χ1n) is 10.0. The Morgan fingerprint density at radius 2 is 1.89 bits per heavy atom. The summed E-state index contributed by atoms with van der Waals surface area (Å²) in [6.07, 6.45) is 1.44. The zero-order valence-corrected chi connectivity index (χ0v) is 17.4. The summed E-state index contributed by atoms with van der Waals surface area (Å²) in [4.78, 5) is 28.5. The third kappa shape index (κ3) is 3.27. The van der Waals surface area contributed by atoms with Crippen LogP contribution in [0.15, 0.2) is 46.8 Å². The molecule has 1 amide bonds. The lowest BCUT2D eigenvalue weighted by Crippen LogP contribution is -2.43. The van der Waals surface area contributed by atoms with Gasteiger partial charge in [0.15, 0.2) is 5.78 Å². The summed E-state index contributed by atoms with van der Waals surface area (Å²) in [7, 11) is 0. The second kappa shape index (κ2) is 7.53. The molecule has 0 radical (unpaired) electrons. The van der Waals surface area contributed by atoms with Crippen LogP contribution in [0.4, 0.5) is 4.39 Å². The van der Waals surface area contributed by atoms with Crippen LogP contribution in [0.25, 0.3) is 0 Å². The molecule has 0 aromatic heterocycles. The SMILES string of the molecule is CCN(CC)C(=O)C1=C(C)NC2=C(C(=O)C(C)(C)CC2)C1c1ccccc1F. The molecule has 1 unspecified atom stereocenters. The number of allylic oxidation sites excluding steroid dienone is 3. The van der Waals surface area contributed by atoms with Crippen molar-refractivity contribution in [3.8, 4) is 0 Å². The van der Waals surface area contributed by atoms with Gasteiger partial charge in [-0.25, -0.2) is 4.39 Å². The summed E-state index contributed by atoms with van der Waals surface area (Å²) in [5.41, 5.74) is 2.40. The molecule has 1 aromatic rings. The van der Waals surface area contributed by atoms with E-state index in [9.17, 15) is 14.0 Å². The lowest BCUT2D eigenvalue weighted by molar-refractivity contribution is -0.127. The maximum atomic E-state index is 14.9. The summed E-state index contributed by atoms with van der Waals surface area (Å²) in [5, 5.41) is 3.31. The average molecular weight is 384 g/mol. The monoisotopic (exact) mass is 384 g/mol. The number of halogens is 1. The van der Waals surface area contributed by atoms with Gasteiger partial charge in [-0.1, -0.05) is 32.0 Å². The molecule has 0 spiro atoms. The zero-order valence-electron chi connectivity index (χ0n) is 17.4. The second-order valence-electron chi connectivity index (χ2n) is 8.20. The van der Waals surface area contributed by atoms with Crippen LogP contribution in [0.3, 0.4) is 0 Å². The van der Waals surface area contributed by atoms with Crippen molar-refractivity contribution in [3.05, 3.63) is 58.2 Å². The lowest BCUT2D eigenvalue weighted by Gasteiger charge is -2.40. The van der Waals surface area contributed by atoms with Crippen LogP contribution in [-0.4, -0.2) is 29.7 Å². The molecule has 0 saturated heterocycles. The number of Topliss-reactive ketones (excluding diaryl/α,β-unsaturated/α-hetero) is 1. The van der Waals surface area contributed by atoms with Gasteiger partial charge >= 0.3 is 0 Å². The second-order valence-corrected chi connectivity index (χ2v) is 8.20. The minimum absolute atomic E-state index is 0.00755. The molecule has 5 heteroatoms. The number of benzene rings is 1. The van der Waals surface area contributed by atoms with E-state index in [-0.39, 0.29) is 11.7 Å². The largest absolute Gasteiger partial charge is 0.362 e. The van der Waals surface area contributed by atoms with E-state index in [2.05, 4.69) is 5.32 Å². The zero-order chi connectivity index (χ0) is 20.6. The number of nitrogens with one attached hydrogen (secondary N) is 1. The molecule has 1 aliphatic heterocycles. The molecular formula is C23H29FN2O2. The van der Waals surface area contributed by atoms with Crippen LogP contribution in [-0.2, 0) is 9.59 Å². The third-order valence-corrected chi connectivity index (χ3v) is 6.00. The predicted molar refractivity (Wildman–Crippen MR) is 108 cm³/mol. The summed E-state index contributed by atoms with van der Waals surface area (Å²) in [5.74, 6) is -1.23. The molecule has 4 nitrogen and oxygen atoms in total. The van der Waals surface area contributed by atoms with Gasteiger partial charge in [0.05, 0.1) is 0 Å². The number of carbonyl (C=O) groups excluding carboxylic acids is 2. The highest BCUT2D eigenvalue weighted by molar-refractivity contribution is 6.07. The fourth-order valence-corrected chi connectivity index (χ4v) is 4.26. The first kappa shape index (κ1) is 20.3. The van der Waals surface area contributed by atoms with Crippen molar-refractivity contribution < 1.29 is 14.0 Å². The molecule has 28 heavy (non-hydrogen) atoms. The van der Waals surface area contributed by atoms with Crippen molar-refractivity contribution in [3.63, 3.8) is 0 Å². The number of hydrogen-bond acceptors (Lipinski definition) is 3. The number of hydrogen-bond donors (Lipinski definition) is 1. The van der Waals surface area contributed by atoms with Crippen molar-refractivity contribution in [1.82, 2.24) is 10.2 Å². The molecule has 0 saturated carbocycles. The predicted octanol–water partition coefficient (Wildman–Crippen LogP) is 4.30. The first-order chi connectivity index (χ1) is 13.2. The summed E-state index contributed by atoms with van der Waals surface area (Å²) < 4.78 is 14.9. The van der Waals surface area contributed by atoms with E-state index in [0.717, 1.165) is 12.1 Å². The Bertz CT molecular complexity index is 878. The Balaban J connectivity index is 2.23. The number of nitrogens with zero attached hydrogens (tertiary/aromatic N) is 1. The van der Waals surface area contributed by atoms with E-state index in [1.165, 1.54) is 6.07 Å². The van der Waals surface area contributed by atoms with E-state index in [4.69, 9.17) is 0 Å². The fourth-order valence-electron chi connectivity index (χ4n) is 4.26. The summed E-state index contributed by atoms with van der Waals surface area (Å²) >= 11 is 0. The average Bonchev–Trinajstić information content (AvgIpc) is 2.65. The third-order valence-electron chi connectivity index (χ3n) is 6.00. The molecular weight excluding hydrogens is 355 g/mol. The van der Waals surface area contributed by atoms with Gasteiger partial charge in [-0.2, -0.15) is 0 Å². The van der Waals surface area contributed by atoms with Gasteiger partial charge in [-0.05, 0) is 39.7 Å². The molecule has 3 rings (SSSR count). The van der Waals surface area contributed by atoms with E-state index < -0.39 is 17.2 Å². The van der Waals surface area contributed by atoms with Crippen LogP contribution in [0.1, 0.15) is 58.9 Å². The van der Waals surface area contributed by atoms with E-state index in [0.29, 0.717) is 41.9 Å². The summed E-state index contributed by atoms with van der Waals surface area (Å²) in [6, 6.07) is 6.47. The Hall–Kier alpha value is -2.43. The fraction of sp³-hybridized carbons (Fsp3) is 0.478. The number of likely N-dealkylation sites (N-methyl/N-ethyl adjacent to an activating group) is 1. The molecule has 0 bridgehead atoms. The number of carbonyl (C=O) groups is 2. The summed E-state index contributed by atoms with van der Waals surface area (Å²) in [6.45, 7) is 10.7. The quantitative estimate of drug-likeness (QED) is 0.842. The molecule has 0 fully saturated rings. The molecule has 1 heterocycles. The molecule has 1 atom stereocenters. The van der Waals surface area contributed by atoms with Gasteiger partial charge in [0.25, 0.3) is 5.91 Å². The molecule has 1 aromatic carbocycles. The van der Waals surface area contributed by atoms with Gasteiger partial charge in [-0.15, -0.1) is 0 Å². The normalized spacial score (nSPS) is 21.4. The van der Waals surface area contributed by atoms with Gasteiger partial charge in [-0.3, -0.25) is 9.59 Å². The van der Waals surface area contributed by atoms with Crippen LogP contribution in [0, 0.1) is 11.2 Å². The van der Waals surface area contributed by atoms with Crippen LogP contribution < -0.4 is 5.32 Å². The minimum Gasteiger partial charge on any atom is -0.362 e. The highest BCUT2D eigenvalue weighted by Crippen LogP contribution is 2.47. The van der Waals surface area contributed by atoms with Crippen molar-refractivity contribution in [2.24, 2.45) is 5.41 Å². The van der Waals surface area contributed by atoms with Gasteiger partial charge in [0, 0.05) is 52.5 Å². The maximum Gasteiger partial charge on any atom is 0.252 e. The Morgan fingerprint density at radius 1 is 1.25 bits per heavy atom. The molecule has 1 N–H and O–H groups in total. The standard InChI is InChI=1S/C23H29FN2O2/c1-6-26(7-2)22(28)18-14(3)25-17-12-13-23(4,5)21(27)20(17)19(18)15-10-8-9-11-16(15)24/h8-11,19,25H,6-7,12-13H2,1-5H3. The Labute approximate surface area is 166 Å². The highest BCUT2D eigenvalue weighted by atomic mass is 19.1. The van der Waals surface area contributed by atoms with E-state index >= 15 is 0 Å². The van der Waals surface area contributed by atoms with E-state index in [1.807, 2.05) is 34.6 Å². The van der Waals surface area contributed by atoms with Gasteiger partial charge in [0.1, 0.15) is 5.82 Å². The number of amides is 1. The van der Waals surface area contributed by atoms with Crippen LogP contribution in [0.2, 0.25) is 0 Å². The van der Waals surface area contributed by atoms with Crippen molar-refractivity contribution in [1.29, 1.82) is 0 Å². The molecule has 2 aliphatic rings. The number of ketones is 1. The smallest absolute Gasteiger partial charge is 0.252 e. The first-order valence-corrected chi connectivity index (χ1v) is 10.0. The molecule has 150 valence electrons. The number of dihydropyridines is 1. The Morgan fingerprint density at radius 3 is 2.50 bits per heavy atom. The van der Waals surface area contributed by atoms with Crippen molar-refractivity contribution in [2.45, 2.75) is 53.4 Å². The molecule has 1 aliphatic carbocycles. The Kier molecular flexibility index (Phi) is 5.46. The maximum absolute atomic E-state index is 14.9. The van der Waals surface area contributed by atoms with Gasteiger partial charge < -0.3 is 10.2 Å². The van der Waals surface area contributed by atoms with Crippen LogP contribution in [0.5, 0.6) is 0 Å². The number of rotatable bonds is 4. The van der Waals surface area contributed by atoms with Crippen molar-refractivity contribution in [2.75, 3.05) is 13.1 Å². The lowest BCUT2D eigenvalue weighted by atomic mass is 9.67. The van der Waals surface area contributed by atoms with Crippen molar-refractivity contribution >= 4 is 11.7 Å². The van der Waals surface area contributed by atoms with Crippen LogP contribution >= 0.6 is 0 Å². The highest BCUT2D eigenvalue weighted by Gasteiger charge is 2.45.